The Balaban J connectivity index is 0.728. The number of methoxy groups -OCH3 is 2. The zero-order valence-corrected chi connectivity index (χ0v) is 50.8. The third kappa shape index (κ3) is 9.67. The van der Waals surface area contributed by atoms with Gasteiger partial charge in [-0.05, 0) is 183 Å². The number of benzene rings is 6. The maximum absolute atomic E-state index is 15.6. The number of fused-ring (bicyclic) bond motifs is 9. The summed E-state index contributed by atoms with van der Waals surface area (Å²) in [5, 5.41) is 8.23. The van der Waals surface area contributed by atoms with Crippen LogP contribution >= 0.6 is 0 Å². The first-order valence-electron chi connectivity index (χ1n) is 31.1. The van der Waals surface area contributed by atoms with E-state index in [0.29, 0.717) is 50.5 Å². The first-order valence-corrected chi connectivity index (χ1v) is 31.1. The van der Waals surface area contributed by atoms with Gasteiger partial charge < -0.3 is 19.7 Å². The minimum Gasteiger partial charge on any atom is -0.496 e. The topological polar surface area (TPSA) is 88.2 Å². The number of ether oxygens (including phenoxy) is 2. The van der Waals surface area contributed by atoms with E-state index < -0.39 is 5.41 Å². The van der Waals surface area contributed by atoms with Gasteiger partial charge in [0.2, 0.25) is 11.8 Å². The Morgan fingerprint density at radius 3 is 1.76 bits per heavy atom. The lowest BCUT2D eigenvalue weighted by molar-refractivity contribution is -0.190. The Morgan fingerprint density at radius 1 is 0.590 bits per heavy atom. The molecule has 1 aliphatic heterocycles. The van der Waals surface area contributed by atoms with Crippen LogP contribution in [0.15, 0.2) is 145 Å². The number of nitrogens with one attached hydrogen (secondary N) is 1. The van der Waals surface area contributed by atoms with Gasteiger partial charge in [0.1, 0.15) is 11.5 Å². The molecule has 0 bridgehead atoms. The molecule has 1 heterocycles. The van der Waals surface area contributed by atoms with Gasteiger partial charge in [-0.3, -0.25) is 19.3 Å². The van der Waals surface area contributed by atoms with Crippen molar-refractivity contribution in [3.05, 3.63) is 156 Å². The Kier molecular flexibility index (Phi) is 14.8. The molecule has 12 rings (SSSR count). The predicted molar refractivity (Wildman–Crippen MR) is 339 cm³/mol. The van der Waals surface area contributed by atoms with Gasteiger partial charge in [-0.1, -0.05) is 169 Å². The SMILES string of the molecule is COc1cccc(-c2cccc3ccccc23)c1/C=C/C(=O)CN1CCN(C(=O)[C@]23CCC(C)(C)C[C@H]2C2=CC[C@@H]4[C@@]5(C)CCC(NC(=O)/C=C/c6c(OC)cccc6-c6cccc7ccccc67)C(C)(C)[C@@H]5CC[C@@]4(C)[C@]2(C)CC3)CC1. The number of rotatable bonds is 12. The molecule has 6 aromatic carbocycles. The normalized spacial score (nSPS) is 29.3. The number of carbonyl (C=O) groups excluding carboxylic acids is 3. The monoisotopic (exact) mass is 1110 g/mol. The molecule has 0 aromatic heterocycles. The second-order valence-electron chi connectivity index (χ2n) is 27.9. The lowest BCUT2D eigenvalue weighted by Gasteiger charge is -2.71. The van der Waals surface area contributed by atoms with Gasteiger partial charge >= 0.3 is 0 Å². The molecule has 432 valence electrons. The molecule has 0 spiro atoms. The fraction of sp³-hybridized carbons (Fsp3) is 0.453. The lowest BCUT2D eigenvalue weighted by atomic mass is 9.33. The molecule has 1 N–H and O–H groups in total. The van der Waals surface area contributed by atoms with E-state index in [2.05, 4.69) is 167 Å². The number of amides is 2. The molecule has 8 nitrogen and oxygen atoms in total. The average Bonchev–Trinajstić information content (AvgIpc) is 0.969. The molecular formula is C75H87N3O5. The van der Waals surface area contributed by atoms with Crippen LogP contribution in [0.25, 0.3) is 56.0 Å². The number of piperazine rings is 1. The summed E-state index contributed by atoms with van der Waals surface area (Å²) >= 11 is 0. The molecule has 2 amide bonds. The van der Waals surface area contributed by atoms with Crippen LogP contribution in [0.2, 0.25) is 0 Å². The van der Waals surface area contributed by atoms with Gasteiger partial charge in [-0.2, -0.15) is 0 Å². The minimum atomic E-state index is -0.405. The highest BCUT2D eigenvalue weighted by Crippen LogP contribution is 2.76. The van der Waals surface area contributed by atoms with Gasteiger partial charge in [-0.15, -0.1) is 0 Å². The van der Waals surface area contributed by atoms with Crippen LogP contribution in [0.5, 0.6) is 11.5 Å². The molecule has 0 radical (unpaired) electrons. The molecule has 4 saturated carbocycles. The lowest BCUT2D eigenvalue weighted by Crippen LogP contribution is -2.67. The summed E-state index contributed by atoms with van der Waals surface area (Å²) in [5.41, 5.74) is 7.45. The molecule has 6 aromatic rings. The van der Waals surface area contributed by atoms with E-state index in [1.54, 1.807) is 31.9 Å². The van der Waals surface area contributed by atoms with Crippen LogP contribution in [0, 0.1) is 50.2 Å². The summed E-state index contributed by atoms with van der Waals surface area (Å²) in [4.78, 5) is 48.0. The molecule has 8 heteroatoms. The van der Waals surface area contributed by atoms with E-state index in [-0.39, 0.29) is 50.7 Å². The standard InChI is InChI=1S/C75H87N3O5/c1-70(2)40-42-75(69(81)78-46-44-77(45-47-78)49-52(79)30-31-59-57(26-16-28-63(59)82-8)55-24-14-20-50-18-10-12-22-53(50)55)43-41-73(6)61(62(75)48-70)33-34-66-72(5)38-37-67(71(3,4)65(72)36-39-74(66,73)7)76-68(80)35-32-60-58(27-17-29-64(60)83-9)56-25-15-21-51-19-11-13-23-54(51)56/h10-33,35,62,65-67H,34,36-49H2,1-9H3,(H,76,80)/b31-30+,35-32+/t62-,65-,66+,67?,72-,73+,74+,75-/m0/s1. The Morgan fingerprint density at radius 2 is 1.14 bits per heavy atom. The van der Waals surface area contributed by atoms with Crippen molar-refractivity contribution in [2.75, 3.05) is 46.9 Å². The minimum absolute atomic E-state index is 0.0128. The summed E-state index contributed by atoms with van der Waals surface area (Å²) in [6.45, 7) is 20.6. The number of allylic oxidation sites excluding steroid dienone is 2. The van der Waals surface area contributed by atoms with E-state index in [0.717, 1.165) is 120 Å². The van der Waals surface area contributed by atoms with Crippen molar-refractivity contribution in [1.82, 2.24) is 15.1 Å². The zero-order valence-electron chi connectivity index (χ0n) is 50.8. The molecule has 5 aliphatic carbocycles. The predicted octanol–water partition coefficient (Wildman–Crippen LogP) is 16.1. The van der Waals surface area contributed by atoms with Crippen molar-refractivity contribution in [2.24, 2.45) is 50.2 Å². The first kappa shape index (κ1) is 56.7. The smallest absolute Gasteiger partial charge is 0.244 e. The number of hydrogen-bond donors (Lipinski definition) is 1. The van der Waals surface area contributed by atoms with Crippen LogP contribution in [0.3, 0.4) is 0 Å². The van der Waals surface area contributed by atoms with Gasteiger partial charge in [0, 0.05) is 49.4 Å². The Bertz CT molecular complexity index is 3590. The molecule has 1 saturated heterocycles. The number of nitrogens with zero attached hydrogens (tertiary/aromatic N) is 2. The highest BCUT2D eigenvalue weighted by molar-refractivity contribution is 6.02. The van der Waals surface area contributed by atoms with E-state index in [1.807, 2.05) is 36.4 Å². The number of carbonyl (C=O) groups is 3. The van der Waals surface area contributed by atoms with Crippen molar-refractivity contribution < 1.29 is 23.9 Å². The van der Waals surface area contributed by atoms with Crippen molar-refractivity contribution >= 4 is 51.3 Å². The molecule has 1 unspecified atom stereocenters. The molecular weight excluding hydrogens is 1020 g/mol. The second kappa shape index (κ2) is 21.7. The molecule has 6 aliphatic rings. The fourth-order valence-electron chi connectivity index (χ4n) is 18.3. The van der Waals surface area contributed by atoms with E-state index in [9.17, 15) is 9.59 Å². The first-order chi connectivity index (χ1) is 39.8. The van der Waals surface area contributed by atoms with Crippen molar-refractivity contribution in [3.63, 3.8) is 0 Å². The maximum atomic E-state index is 15.6. The van der Waals surface area contributed by atoms with Crippen LogP contribution < -0.4 is 14.8 Å². The average molecular weight is 1110 g/mol. The van der Waals surface area contributed by atoms with Crippen LogP contribution in [-0.2, 0) is 14.4 Å². The summed E-state index contributed by atoms with van der Waals surface area (Å²) in [7, 11) is 3.38. The summed E-state index contributed by atoms with van der Waals surface area (Å²) in [5.74, 6) is 2.98. The summed E-state index contributed by atoms with van der Waals surface area (Å²) in [6, 6.07) is 41.8. The summed E-state index contributed by atoms with van der Waals surface area (Å²) < 4.78 is 11.8. The van der Waals surface area contributed by atoms with Crippen molar-refractivity contribution in [1.29, 1.82) is 0 Å². The zero-order chi connectivity index (χ0) is 58.1. The highest BCUT2D eigenvalue weighted by atomic mass is 16.5. The highest BCUT2D eigenvalue weighted by Gasteiger charge is 2.69. The molecule has 83 heavy (non-hydrogen) atoms. The van der Waals surface area contributed by atoms with Crippen LogP contribution in [0.1, 0.15) is 124 Å². The van der Waals surface area contributed by atoms with E-state index >= 15 is 4.79 Å². The third-order valence-electron chi connectivity index (χ3n) is 23.0. The van der Waals surface area contributed by atoms with Crippen LogP contribution in [0.4, 0.5) is 0 Å². The van der Waals surface area contributed by atoms with Gasteiger partial charge in [-0.25, -0.2) is 0 Å². The van der Waals surface area contributed by atoms with E-state index in [1.165, 1.54) is 10.8 Å². The third-order valence-corrected chi connectivity index (χ3v) is 23.0. The Labute approximate surface area is 493 Å². The quantitative estimate of drug-likeness (QED) is 0.0970. The van der Waals surface area contributed by atoms with E-state index in [4.69, 9.17) is 9.47 Å². The van der Waals surface area contributed by atoms with Gasteiger partial charge in [0.25, 0.3) is 0 Å². The van der Waals surface area contributed by atoms with Gasteiger partial charge in [0.15, 0.2) is 5.78 Å². The largest absolute Gasteiger partial charge is 0.496 e. The Hall–Kier alpha value is -6.77. The summed E-state index contributed by atoms with van der Waals surface area (Å²) in [6.07, 6.45) is 20.3. The molecule has 5 fully saturated rings. The number of hydrogen-bond acceptors (Lipinski definition) is 6. The molecule has 8 atom stereocenters. The fourth-order valence-corrected chi connectivity index (χ4v) is 18.3. The van der Waals surface area contributed by atoms with Crippen molar-refractivity contribution in [3.8, 4) is 33.8 Å². The second-order valence-corrected chi connectivity index (χ2v) is 27.9. The van der Waals surface area contributed by atoms with Gasteiger partial charge in [0.05, 0.1) is 26.2 Å². The number of ketones is 1. The maximum Gasteiger partial charge on any atom is 0.244 e. The van der Waals surface area contributed by atoms with Crippen LogP contribution in [-0.4, -0.2) is 80.4 Å². The van der Waals surface area contributed by atoms with Crippen molar-refractivity contribution in [2.45, 2.75) is 119 Å².